The van der Waals surface area contributed by atoms with Gasteiger partial charge in [0.05, 0.1) is 15.2 Å². The molecule has 0 spiro atoms. The van der Waals surface area contributed by atoms with E-state index in [1.54, 1.807) is 11.3 Å². The molecule has 2 N–H and O–H groups in total. The standard InChI is InChI=1S/C14H16N2S/c15-11-5-3-4-10(8-11)9-14-16-12-6-1-2-7-13(12)17-14/h1-2,6-8,11H,3-5,9,15H2. The van der Waals surface area contributed by atoms with Crippen molar-refractivity contribution in [2.75, 3.05) is 0 Å². The molecule has 1 aliphatic carbocycles. The third kappa shape index (κ3) is 2.40. The number of rotatable bonds is 2. The largest absolute Gasteiger partial charge is 0.324 e. The molecule has 1 atom stereocenters. The van der Waals surface area contributed by atoms with E-state index >= 15 is 0 Å². The monoisotopic (exact) mass is 244 g/mol. The van der Waals surface area contributed by atoms with E-state index in [0.29, 0.717) is 0 Å². The summed E-state index contributed by atoms with van der Waals surface area (Å²) in [6, 6.07) is 8.59. The molecule has 0 radical (unpaired) electrons. The molecule has 0 saturated carbocycles. The minimum atomic E-state index is 0.258. The van der Waals surface area contributed by atoms with Crippen molar-refractivity contribution in [2.24, 2.45) is 5.73 Å². The molecule has 1 aliphatic rings. The molecule has 1 aromatic carbocycles. The number of para-hydroxylation sites is 1. The summed E-state index contributed by atoms with van der Waals surface area (Å²) >= 11 is 1.80. The molecule has 1 unspecified atom stereocenters. The van der Waals surface area contributed by atoms with Gasteiger partial charge in [-0.3, -0.25) is 0 Å². The Bertz CT molecular complexity index is 523. The Morgan fingerprint density at radius 2 is 2.24 bits per heavy atom. The minimum Gasteiger partial charge on any atom is -0.324 e. The molecular formula is C14H16N2S. The normalized spacial score (nSPS) is 20.5. The van der Waals surface area contributed by atoms with Gasteiger partial charge in [-0.05, 0) is 31.4 Å². The molecule has 0 saturated heterocycles. The van der Waals surface area contributed by atoms with Crippen LogP contribution in [0.1, 0.15) is 24.3 Å². The van der Waals surface area contributed by atoms with Crippen LogP contribution in [-0.4, -0.2) is 11.0 Å². The van der Waals surface area contributed by atoms with Crippen molar-refractivity contribution in [1.82, 2.24) is 4.98 Å². The number of hydrogen-bond donors (Lipinski definition) is 1. The fraction of sp³-hybridized carbons (Fsp3) is 0.357. The van der Waals surface area contributed by atoms with Crippen molar-refractivity contribution < 1.29 is 0 Å². The van der Waals surface area contributed by atoms with E-state index in [1.165, 1.54) is 28.1 Å². The first kappa shape index (κ1) is 10.9. The molecule has 17 heavy (non-hydrogen) atoms. The molecule has 0 aliphatic heterocycles. The maximum absolute atomic E-state index is 5.96. The summed E-state index contributed by atoms with van der Waals surface area (Å²) in [4.78, 5) is 4.67. The first-order chi connectivity index (χ1) is 8.31. The molecule has 88 valence electrons. The van der Waals surface area contributed by atoms with Crippen LogP contribution in [0.3, 0.4) is 0 Å². The third-order valence-electron chi connectivity index (χ3n) is 3.20. The molecule has 0 bridgehead atoms. The van der Waals surface area contributed by atoms with Crippen LogP contribution in [0, 0.1) is 0 Å². The van der Waals surface area contributed by atoms with E-state index < -0.39 is 0 Å². The zero-order valence-electron chi connectivity index (χ0n) is 9.73. The SMILES string of the molecule is NC1C=C(Cc2nc3ccccc3s2)CCC1. The Hall–Kier alpha value is -1.19. The maximum atomic E-state index is 5.96. The molecular weight excluding hydrogens is 228 g/mol. The lowest BCUT2D eigenvalue weighted by Crippen LogP contribution is -2.20. The van der Waals surface area contributed by atoms with Gasteiger partial charge in [0.1, 0.15) is 0 Å². The number of aromatic nitrogens is 1. The smallest absolute Gasteiger partial charge is 0.0979 e. The van der Waals surface area contributed by atoms with Crippen LogP contribution in [0.2, 0.25) is 0 Å². The zero-order valence-corrected chi connectivity index (χ0v) is 10.5. The van der Waals surface area contributed by atoms with Gasteiger partial charge in [0, 0.05) is 12.5 Å². The summed E-state index contributed by atoms with van der Waals surface area (Å²) < 4.78 is 1.28. The highest BCUT2D eigenvalue weighted by Gasteiger charge is 2.12. The Morgan fingerprint density at radius 1 is 1.35 bits per heavy atom. The van der Waals surface area contributed by atoms with E-state index in [4.69, 9.17) is 5.73 Å². The van der Waals surface area contributed by atoms with Gasteiger partial charge in [-0.15, -0.1) is 11.3 Å². The Morgan fingerprint density at radius 3 is 3.06 bits per heavy atom. The van der Waals surface area contributed by atoms with Crippen LogP contribution in [0.4, 0.5) is 0 Å². The summed E-state index contributed by atoms with van der Waals surface area (Å²) in [5.41, 5.74) is 8.54. The van der Waals surface area contributed by atoms with Crippen LogP contribution >= 0.6 is 11.3 Å². The summed E-state index contributed by atoms with van der Waals surface area (Å²) in [6.07, 6.45) is 6.74. The van der Waals surface area contributed by atoms with Gasteiger partial charge in [-0.1, -0.05) is 23.8 Å². The topological polar surface area (TPSA) is 38.9 Å². The highest BCUT2D eigenvalue weighted by atomic mass is 32.1. The number of fused-ring (bicyclic) bond motifs is 1. The summed E-state index contributed by atoms with van der Waals surface area (Å²) in [7, 11) is 0. The lowest BCUT2D eigenvalue weighted by molar-refractivity contribution is 0.617. The van der Waals surface area contributed by atoms with Gasteiger partial charge in [0.15, 0.2) is 0 Å². The van der Waals surface area contributed by atoms with Gasteiger partial charge in [0.25, 0.3) is 0 Å². The van der Waals surface area contributed by atoms with Crippen LogP contribution in [0.5, 0.6) is 0 Å². The average molecular weight is 244 g/mol. The maximum Gasteiger partial charge on any atom is 0.0979 e. The summed E-state index contributed by atoms with van der Waals surface area (Å²) in [6.45, 7) is 0. The molecule has 1 heterocycles. The quantitative estimate of drug-likeness (QED) is 0.823. The molecule has 2 aromatic rings. The lowest BCUT2D eigenvalue weighted by atomic mass is 9.94. The predicted molar refractivity (Wildman–Crippen MR) is 73.2 cm³/mol. The first-order valence-electron chi connectivity index (χ1n) is 6.11. The van der Waals surface area contributed by atoms with Crippen LogP contribution in [0.15, 0.2) is 35.9 Å². The van der Waals surface area contributed by atoms with Crippen molar-refractivity contribution in [2.45, 2.75) is 31.7 Å². The van der Waals surface area contributed by atoms with Crippen LogP contribution in [-0.2, 0) is 6.42 Å². The van der Waals surface area contributed by atoms with Crippen LogP contribution < -0.4 is 5.73 Å². The average Bonchev–Trinajstić information content (AvgIpc) is 2.71. The second-order valence-corrected chi connectivity index (χ2v) is 5.75. The fourth-order valence-corrected chi connectivity index (χ4v) is 3.39. The number of hydrogen-bond acceptors (Lipinski definition) is 3. The van der Waals surface area contributed by atoms with Crippen LogP contribution in [0.25, 0.3) is 10.2 Å². The fourth-order valence-electron chi connectivity index (χ4n) is 2.37. The van der Waals surface area contributed by atoms with Crippen molar-refractivity contribution in [3.8, 4) is 0 Å². The number of benzene rings is 1. The van der Waals surface area contributed by atoms with Gasteiger partial charge >= 0.3 is 0 Å². The highest BCUT2D eigenvalue weighted by molar-refractivity contribution is 7.18. The minimum absolute atomic E-state index is 0.258. The van der Waals surface area contributed by atoms with Crippen molar-refractivity contribution >= 4 is 21.6 Å². The van der Waals surface area contributed by atoms with E-state index in [-0.39, 0.29) is 6.04 Å². The summed E-state index contributed by atoms with van der Waals surface area (Å²) in [5.74, 6) is 0. The van der Waals surface area contributed by atoms with E-state index in [2.05, 4.69) is 29.3 Å². The van der Waals surface area contributed by atoms with Gasteiger partial charge in [0.2, 0.25) is 0 Å². The van der Waals surface area contributed by atoms with Crippen molar-refractivity contribution in [1.29, 1.82) is 0 Å². The Labute approximate surface area is 105 Å². The van der Waals surface area contributed by atoms with Gasteiger partial charge < -0.3 is 5.73 Å². The molecule has 1 aromatic heterocycles. The highest BCUT2D eigenvalue weighted by Crippen LogP contribution is 2.26. The first-order valence-corrected chi connectivity index (χ1v) is 6.92. The molecule has 2 nitrogen and oxygen atoms in total. The Balaban J connectivity index is 1.85. The summed E-state index contributed by atoms with van der Waals surface area (Å²) in [5, 5.41) is 1.21. The second-order valence-electron chi connectivity index (χ2n) is 4.63. The van der Waals surface area contributed by atoms with Gasteiger partial charge in [-0.2, -0.15) is 0 Å². The lowest BCUT2D eigenvalue weighted by Gasteiger charge is -2.16. The molecule has 0 amide bonds. The number of thiazole rings is 1. The van der Waals surface area contributed by atoms with E-state index in [9.17, 15) is 0 Å². The number of allylic oxidation sites excluding steroid dienone is 1. The number of nitrogens with two attached hydrogens (primary N) is 1. The molecule has 3 heteroatoms. The van der Waals surface area contributed by atoms with Gasteiger partial charge in [-0.25, -0.2) is 4.98 Å². The molecule has 3 rings (SSSR count). The zero-order chi connectivity index (χ0) is 11.7. The van der Waals surface area contributed by atoms with Crippen molar-refractivity contribution in [3.05, 3.63) is 40.9 Å². The Kier molecular flexibility index (Phi) is 2.95. The van der Waals surface area contributed by atoms with Crippen molar-refractivity contribution in [3.63, 3.8) is 0 Å². The number of nitrogens with zero attached hydrogens (tertiary/aromatic N) is 1. The van der Waals surface area contributed by atoms with E-state index in [0.717, 1.165) is 18.4 Å². The third-order valence-corrected chi connectivity index (χ3v) is 4.24. The second kappa shape index (κ2) is 4.59. The predicted octanol–water partition coefficient (Wildman–Crippen LogP) is 3.28. The van der Waals surface area contributed by atoms with E-state index in [1.807, 2.05) is 6.07 Å². The molecule has 0 fully saturated rings.